The van der Waals surface area contributed by atoms with Crippen molar-refractivity contribution in [3.05, 3.63) is 28.2 Å². The third kappa shape index (κ3) is 1.24. The molecule has 60 valence electrons. The standard InChI is InChI=1S/C7H11N3O/c1-8-6-4-5-9(2)7(11)10(6)3/h4-5H,1-3H3. The molecule has 0 unspecified atom stereocenters. The Balaban J connectivity index is 3.64. The lowest BCUT2D eigenvalue weighted by Crippen LogP contribution is -2.36. The SMILES string of the molecule is CN=c1ccn(C)c(=O)n1C. The summed E-state index contributed by atoms with van der Waals surface area (Å²) < 4.78 is 3.01. The fourth-order valence-electron chi connectivity index (χ4n) is 0.913. The van der Waals surface area contributed by atoms with Crippen LogP contribution >= 0.6 is 0 Å². The van der Waals surface area contributed by atoms with E-state index in [9.17, 15) is 4.79 Å². The van der Waals surface area contributed by atoms with Gasteiger partial charge >= 0.3 is 5.69 Å². The van der Waals surface area contributed by atoms with E-state index >= 15 is 0 Å². The first-order valence-electron chi connectivity index (χ1n) is 3.32. The zero-order valence-electron chi connectivity index (χ0n) is 6.90. The van der Waals surface area contributed by atoms with Gasteiger partial charge in [0.05, 0.1) is 0 Å². The van der Waals surface area contributed by atoms with Crippen LogP contribution in [0.3, 0.4) is 0 Å². The Morgan fingerprint density at radius 3 is 2.64 bits per heavy atom. The van der Waals surface area contributed by atoms with Crippen molar-refractivity contribution in [2.24, 2.45) is 19.1 Å². The van der Waals surface area contributed by atoms with Crippen molar-refractivity contribution < 1.29 is 0 Å². The monoisotopic (exact) mass is 153 g/mol. The second kappa shape index (κ2) is 2.74. The highest BCUT2D eigenvalue weighted by molar-refractivity contribution is 4.82. The van der Waals surface area contributed by atoms with Crippen molar-refractivity contribution in [1.29, 1.82) is 0 Å². The molecule has 0 radical (unpaired) electrons. The lowest BCUT2D eigenvalue weighted by Gasteiger charge is -2.00. The Kier molecular flexibility index (Phi) is 1.94. The molecular weight excluding hydrogens is 142 g/mol. The molecule has 0 saturated carbocycles. The molecule has 0 fully saturated rings. The summed E-state index contributed by atoms with van der Waals surface area (Å²) >= 11 is 0. The van der Waals surface area contributed by atoms with Crippen LogP contribution in [-0.4, -0.2) is 16.2 Å². The van der Waals surface area contributed by atoms with Crippen molar-refractivity contribution in [3.8, 4) is 0 Å². The van der Waals surface area contributed by atoms with E-state index in [0.29, 0.717) is 5.49 Å². The first-order valence-corrected chi connectivity index (χ1v) is 3.32. The number of hydrogen-bond donors (Lipinski definition) is 0. The maximum absolute atomic E-state index is 11.2. The fraction of sp³-hybridized carbons (Fsp3) is 0.429. The molecule has 0 aliphatic carbocycles. The summed E-state index contributed by atoms with van der Waals surface area (Å²) in [6.45, 7) is 0. The van der Waals surface area contributed by atoms with Crippen LogP contribution in [0.5, 0.6) is 0 Å². The van der Waals surface area contributed by atoms with E-state index in [1.54, 1.807) is 33.4 Å². The molecule has 0 aliphatic heterocycles. The van der Waals surface area contributed by atoms with Gasteiger partial charge in [0, 0.05) is 27.3 Å². The molecule has 0 saturated heterocycles. The van der Waals surface area contributed by atoms with Crippen LogP contribution in [0.4, 0.5) is 0 Å². The van der Waals surface area contributed by atoms with Gasteiger partial charge in [-0.05, 0) is 6.07 Å². The van der Waals surface area contributed by atoms with E-state index in [-0.39, 0.29) is 5.69 Å². The smallest absolute Gasteiger partial charge is 0.304 e. The quantitative estimate of drug-likeness (QED) is 0.483. The molecule has 1 rings (SSSR count). The van der Waals surface area contributed by atoms with Gasteiger partial charge in [0.1, 0.15) is 5.49 Å². The lowest BCUT2D eigenvalue weighted by atomic mass is 10.6. The van der Waals surface area contributed by atoms with Crippen LogP contribution in [0, 0.1) is 0 Å². The zero-order valence-corrected chi connectivity index (χ0v) is 6.90. The van der Waals surface area contributed by atoms with Crippen LogP contribution < -0.4 is 11.2 Å². The number of rotatable bonds is 0. The maximum Gasteiger partial charge on any atom is 0.329 e. The van der Waals surface area contributed by atoms with Crippen LogP contribution in [0.25, 0.3) is 0 Å². The minimum Gasteiger partial charge on any atom is -0.304 e. The maximum atomic E-state index is 11.2. The average Bonchev–Trinajstić information content (AvgIpc) is 2.01. The first kappa shape index (κ1) is 7.78. The van der Waals surface area contributed by atoms with Gasteiger partial charge in [-0.25, -0.2) is 4.79 Å². The van der Waals surface area contributed by atoms with Gasteiger partial charge in [-0.2, -0.15) is 0 Å². The minimum atomic E-state index is -0.0619. The number of aromatic nitrogens is 2. The molecule has 4 heteroatoms. The highest BCUT2D eigenvalue weighted by Gasteiger charge is 1.92. The van der Waals surface area contributed by atoms with Gasteiger partial charge in [0.15, 0.2) is 0 Å². The Morgan fingerprint density at radius 2 is 2.09 bits per heavy atom. The largest absolute Gasteiger partial charge is 0.329 e. The molecule has 1 aromatic heterocycles. The molecule has 0 aliphatic rings. The Bertz CT molecular complexity index is 372. The van der Waals surface area contributed by atoms with Crippen molar-refractivity contribution >= 4 is 0 Å². The van der Waals surface area contributed by atoms with Gasteiger partial charge < -0.3 is 4.57 Å². The summed E-state index contributed by atoms with van der Waals surface area (Å²) in [5.74, 6) is 0. The molecule has 0 spiro atoms. The predicted octanol–water partition coefficient (Wildman–Crippen LogP) is -0.746. The normalized spacial score (nSPS) is 12.1. The van der Waals surface area contributed by atoms with Crippen LogP contribution in [-0.2, 0) is 14.1 Å². The average molecular weight is 153 g/mol. The highest BCUT2D eigenvalue weighted by Crippen LogP contribution is 1.67. The van der Waals surface area contributed by atoms with Crippen LogP contribution in [0.15, 0.2) is 22.1 Å². The van der Waals surface area contributed by atoms with Gasteiger partial charge in [0.25, 0.3) is 0 Å². The van der Waals surface area contributed by atoms with E-state index in [1.807, 2.05) is 0 Å². The van der Waals surface area contributed by atoms with Crippen molar-refractivity contribution in [1.82, 2.24) is 9.13 Å². The third-order valence-electron chi connectivity index (χ3n) is 1.61. The Hall–Kier alpha value is -1.32. The van der Waals surface area contributed by atoms with E-state index in [2.05, 4.69) is 4.99 Å². The fourth-order valence-corrected chi connectivity index (χ4v) is 0.913. The number of nitrogens with zero attached hydrogens (tertiary/aromatic N) is 3. The molecule has 0 amide bonds. The van der Waals surface area contributed by atoms with E-state index < -0.39 is 0 Å². The van der Waals surface area contributed by atoms with Gasteiger partial charge in [-0.15, -0.1) is 0 Å². The minimum absolute atomic E-state index is 0.0619. The van der Waals surface area contributed by atoms with Crippen LogP contribution in [0.2, 0.25) is 0 Å². The topological polar surface area (TPSA) is 39.3 Å². The first-order chi connectivity index (χ1) is 5.16. The van der Waals surface area contributed by atoms with Crippen molar-refractivity contribution in [2.75, 3.05) is 7.05 Å². The molecule has 4 nitrogen and oxygen atoms in total. The molecular formula is C7H11N3O. The zero-order chi connectivity index (χ0) is 8.43. The molecule has 1 heterocycles. The third-order valence-corrected chi connectivity index (χ3v) is 1.61. The molecule has 0 N–H and O–H groups in total. The van der Waals surface area contributed by atoms with Crippen molar-refractivity contribution in [2.45, 2.75) is 0 Å². The summed E-state index contributed by atoms with van der Waals surface area (Å²) in [7, 11) is 5.07. The van der Waals surface area contributed by atoms with Gasteiger partial charge in [-0.3, -0.25) is 9.56 Å². The van der Waals surface area contributed by atoms with E-state index in [1.165, 1.54) is 9.13 Å². The molecule has 0 atom stereocenters. The highest BCUT2D eigenvalue weighted by atomic mass is 16.1. The summed E-state index contributed by atoms with van der Waals surface area (Å²) in [6, 6.07) is 1.79. The molecule has 0 aromatic carbocycles. The number of hydrogen-bond acceptors (Lipinski definition) is 2. The Morgan fingerprint density at radius 1 is 1.45 bits per heavy atom. The second-order valence-corrected chi connectivity index (χ2v) is 2.35. The van der Waals surface area contributed by atoms with Crippen molar-refractivity contribution in [3.63, 3.8) is 0 Å². The molecule has 1 aromatic rings. The summed E-state index contributed by atoms with van der Waals surface area (Å²) in [6.07, 6.45) is 1.70. The van der Waals surface area contributed by atoms with Gasteiger partial charge in [-0.1, -0.05) is 0 Å². The predicted molar refractivity (Wildman–Crippen MR) is 42.1 cm³/mol. The Labute approximate surface area is 64.4 Å². The summed E-state index contributed by atoms with van der Waals surface area (Å²) in [4.78, 5) is 15.1. The lowest BCUT2D eigenvalue weighted by molar-refractivity contribution is 0.673. The van der Waals surface area contributed by atoms with Gasteiger partial charge in [0.2, 0.25) is 0 Å². The number of aryl methyl sites for hydroxylation is 1. The van der Waals surface area contributed by atoms with E-state index in [4.69, 9.17) is 0 Å². The second-order valence-electron chi connectivity index (χ2n) is 2.35. The van der Waals surface area contributed by atoms with Crippen LogP contribution in [0.1, 0.15) is 0 Å². The summed E-state index contributed by atoms with van der Waals surface area (Å²) in [5, 5.41) is 0. The van der Waals surface area contributed by atoms with E-state index in [0.717, 1.165) is 0 Å². The molecule has 0 bridgehead atoms. The summed E-state index contributed by atoms with van der Waals surface area (Å²) in [5.41, 5.74) is 0.626. The molecule has 11 heavy (non-hydrogen) atoms.